The number of anilines is 2. The van der Waals surface area contributed by atoms with Gasteiger partial charge in [0.05, 0.1) is 11.4 Å². The molecule has 1 heterocycles. The summed E-state index contributed by atoms with van der Waals surface area (Å²) >= 11 is 0. The number of hydrazone groups is 1. The Balaban J connectivity index is 2.15. The molecule has 1 aliphatic rings. The number of para-hydroxylation sites is 2. The zero-order valence-electron chi connectivity index (χ0n) is 16.0. The number of benzene rings is 2. The zero-order valence-corrected chi connectivity index (χ0v) is 16.0. The van der Waals surface area contributed by atoms with Crippen LogP contribution in [0.5, 0.6) is 0 Å². The number of rotatable bonds is 4. The first kappa shape index (κ1) is 18.6. The maximum atomic E-state index is 13.6. The van der Waals surface area contributed by atoms with E-state index < -0.39 is 11.1 Å². The molecular weight excluding hydrogens is 340 g/mol. The molecule has 6 nitrogen and oxygen atoms in total. The molecule has 27 heavy (non-hydrogen) atoms. The largest absolute Gasteiger partial charge is 0.350 e. The average Bonchev–Trinajstić information content (AvgIpc) is 2.89. The van der Waals surface area contributed by atoms with Crippen molar-refractivity contribution in [3.8, 4) is 0 Å². The molecule has 140 valence electrons. The van der Waals surface area contributed by atoms with E-state index in [4.69, 9.17) is 0 Å². The van der Waals surface area contributed by atoms with Gasteiger partial charge in [0.15, 0.2) is 0 Å². The van der Waals surface area contributed by atoms with E-state index in [1.54, 1.807) is 0 Å². The predicted molar refractivity (Wildman–Crippen MR) is 107 cm³/mol. The molecule has 0 spiro atoms. The third-order valence-corrected chi connectivity index (χ3v) is 4.25. The van der Waals surface area contributed by atoms with Crippen LogP contribution in [0.3, 0.4) is 0 Å². The number of nitrogens with one attached hydrogen (secondary N) is 2. The summed E-state index contributed by atoms with van der Waals surface area (Å²) in [6.45, 7) is 7.30. The summed E-state index contributed by atoms with van der Waals surface area (Å²) in [5.41, 5.74) is -0.0225. The van der Waals surface area contributed by atoms with Crippen LogP contribution in [0, 0.1) is 5.41 Å². The lowest BCUT2D eigenvalue weighted by atomic mass is 9.81. The maximum Gasteiger partial charge on any atom is 0.300 e. The standard InChI is InChI=1S/C21H24N4O2/c1-15(26)22-21(23-16-11-7-5-8-12-16)18(20(2,3)4)24-25(19(21)27)17-13-9-6-10-14-17/h5-14,23H,1-4H3,(H,22,26). The Morgan fingerprint density at radius 1 is 1.00 bits per heavy atom. The molecule has 0 radical (unpaired) electrons. The Labute approximate surface area is 159 Å². The van der Waals surface area contributed by atoms with Crippen molar-refractivity contribution in [2.45, 2.75) is 33.4 Å². The van der Waals surface area contributed by atoms with Crippen molar-refractivity contribution in [3.63, 3.8) is 0 Å². The second-order valence-electron chi connectivity index (χ2n) is 7.57. The van der Waals surface area contributed by atoms with Crippen LogP contribution in [0.2, 0.25) is 0 Å². The Morgan fingerprint density at radius 2 is 1.56 bits per heavy atom. The predicted octanol–water partition coefficient (Wildman–Crippen LogP) is 3.38. The molecule has 2 aromatic carbocycles. The summed E-state index contributed by atoms with van der Waals surface area (Å²) in [6.07, 6.45) is 0. The van der Waals surface area contributed by atoms with Crippen molar-refractivity contribution in [2.24, 2.45) is 10.5 Å². The zero-order chi connectivity index (χ0) is 19.7. The van der Waals surface area contributed by atoms with Crippen molar-refractivity contribution >= 4 is 28.9 Å². The molecule has 2 aromatic rings. The van der Waals surface area contributed by atoms with Gasteiger partial charge in [-0.3, -0.25) is 9.59 Å². The van der Waals surface area contributed by atoms with Gasteiger partial charge >= 0.3 is 0 Å². The van der Waals surface area contributed by atoms with E-state index in [2.05, 4.69) is 15.7 Å². The highest BCUT2D eigenvalue weighted by atomic mass is 16.2. The smallest absolute Gasteiger partial charge is 0.300 e. The third-order valence-electron chi connectivity index (χ3n) is 4.25. The number of carbonyl (C=O) groups is 2. The first-order chi connectivity index (χ1) is 12.7. The molecule has 0 fully saturated rings. The van der Waals surface area contributed by atoms with Gasteiger partial charge in [0, 0.05) is 18.0 Å². The lowest BCUT2D eigenvalue weighted by molar-refractivity contribution is -0.127. The van der Waals surface area contributed by atoms with Gasteiger partial charge in [-0.2, -0.15) is 10.1 Å². The van der Waals surface area contributed by atoms with Gasteiger partial charge in [0.2, 0.25) is 11.6 Å². The minimum atomic E-state index is -1.46. The third kappa shape index (κ3) is 3.56. The Hall–Kier alpha value is -3.15. The minimum Gasteiger partial charge on any atom is -0.350 e. The van der Waals surface area contributed by atoms with Gasteiger partial charge in [-0.25, -0.2) is 0 Å². The van der Waals surface area contributed by atoms with Gasteiger partial charge in [-0.15, -0.1) is 0 Å². The van der Waals surface area contributed by atoms with Crippen molar-refractivity contribution in [1.29, 1.82) is 0 Å². The molecule has 2 N–H and O–H groups in total. The number of hydrogen-bond acceptors (Lipinski definition) is 4. The number of nitrogens with zero attached hydrogens (tertiary/aromatic N) is 2. The highest BCUT2D eigenvalue weighted by Crippen LogP contribution is 2.35. The normalized spacial score (nSPS) is 19.6. The van der Waals surface area contributed by atoms with E-state index in [1.165, 1.54) is 11.9 Å². The summed E-state index contributed by atoms with van der Waals surface area (Å²) in [5.74, 6) is -0.670. The molecule has 6 heteroatoms. The summed E-state index contributed by atoms with van der Waals surface area (Å²) in [4.78, 5) is 25.6. The van der Waals surface area contributed by atoms with Crippen molar-refractivity contribution in [3.05, 3.63) is 60.7 Å². The molecule has 1 unspecified atom stereocenters. The lowest BCUT2D eigenvalue weighted by Crippen LogP contribution is -2.66. The Morgan fingerprint density at radius 3 is 2.07 bits per heavy atom. The maximum absolute atomic E-state index is 13.6. The molecule has 2 amide bonds. The Kier molecular flexibility index (Phi) is 4.74. The summed E-state index contributed by atoms with van der Waals surface area (Å²) in [6, 6.07) is 18.5. The van der Waals surface area contributed by atoms with Crippen molar-refractivity contribution < 1.29 is 9.59 Å². The SMILES string of the molecule is CC(=O)NC1(Nc2ccccc2)C(=O)N(c2ccccc2)N=C1C(C)(C)C. The van der Waals surface area contributed by atoms with Crippen LogP contribution in [0.4, 0.5) is 11.4 Å². The number of carbonyl (C=O) groups excluding carboxylic acids is 2. The van der Waals surface area contributed by atoms with Crippen molar-refractivity contribution in [2.75, 3.05) is 10.3 Å². The van der Waals surface area contributed by atoms with Gasteiger partial charge in [-0.1, -0.05) is 57.2 Å². The van der Waals surface area contributed by atoms with Gasteiger partial charge in [0.1, 0.15) is 0 Å². The Bertz CT molecular complexity index is 872. The van der Waals surface area contributed by atoms with E-state index in [1.807, 2.05) is 81.4 Å². The highest BCUT2D eigenvalue weighted by molar-refractivity contribution is 6.27. The van der Waals surface area contributed by atoms with Crippen LogP contribution in [-0.2, 0) is 9.59 Å². The van der Waals surface area contributed by atoms with Crippen LogP contribution in [0.25, 0.3) is 0 Å². The quantitative estimate of drug-likeness (QED) is 0.817. The summed E-state index contributed by atoms with van der Waals surface area (Å²) in [5, 5.41) is 12.1. The molecule has 0 saturated heterocycles. The molecule has 0 bridgehead atoms. The highest BCUT2D eigenvalue weighted by Gasteiger charge is 2.56. The molecule has 0 saturated carbocycles. The van der Waals surface area contributed by atoms with Gasteiger partial charge in [0.25, 0.3) is 5.91 Å². The molecule has 0 aromatic heterocycles. The van der Waals surface area contributed by atoms with E-state index in [9.17, 15) is 9.59 Å². The number of hydrogen-bond donors (Lipinski definition) is 2. The lowest BCUT2D eigenvalue weighted by Gasteiger charge is -2.36. The van der Waals surface area contributed by atoms with Crippen LogP contribution < -0.4 is 15.6 Å². The fourth-order valence-electron chi connectivity index (χ4n) is 3.20. The van der Waals surface area contributed by atoms with E-state index in [0.717, 1.165) is 0 Å². The minimum absolute atomic E-state index is 0.321. The van der Waals surface area contributed by atoms with E-state index in [-0.39, 0.29) is 11.8 Å². The van der Waals surface area contributed by atoms with Crippen molar-refractivity contribution in [1.82, 2.24) is 5.32 Å². The van der Waals surface area contributed by atoms with Crippen LogP contribution >= 0.6 is 0 Å². The molecule has 1 atom stereocenters. The van der Waals surface area contributed by atoms with Gasteiger partial charge in [-0.05, 0) is 24.3 Å². The van der Waals surface area contributed by atoms with E-state index >= 15 is 0 Å². The second-order valence-corrected chi connectivity index (χ2v) is 7.57. The van der Waals surface area contributed by atoms with Crippen LogP contribution in [0.1, 0.15) is 27.7 Å². The fraction of sp³-hybridized carbons (Fsp3) is 0.286. The van der Waals surface area contributed by atoms with E-state index in [0.29, 0.717) is 17.1 Å². The summed E-state index contributed by atoms with van der Waals surface area (Å²) in [7, 11) is 0. The topological polar surface area (TPSA) is 73.8 Å². The first-order valence-corrected chi connectivity index (χ1v) is 8.85. The first-order valence-electron chi connectivity index (χ1n) is 8.85. The van der Waals surface area contributed by atoms with Gasteiger partial charge < -0.3 is 10.6 Å². The van der Waals surface area contributed by atoms with Crippen LogP contribution in [-0.4, -0.2) is 23.2 Å². The number of amides is 2. The molecular formula is C21H24N4O2. The molecule has 1 aliphatic heterocycles. The average molecular weight is 364 g/mol. The van der Waals surface area contributed by atoms with Crippen LogP contribution in [0.15, 0.2) is 65.8 Å². The molecule has 3 rings (SSSR count). The summed E-state index contributed by atoms with van der Waals surface area (Å²) < 4.78 is 0. The molecule has 0 aliphatic carbocycles. The monoisotopic (exact) mass is 364 g/mol. The second kappa shape index (κ2) is 6.87. The fourth-order valence-corrected chi connectivity index (χ4v) is 3.20.